The van der Waals surface area contributed by atoms with Gasteiger partial charge >= 0.3 is 0 Å². The third-order valence-corrected chi connectivity index (χ3v) is 5.58. The molecule has 3 aromatic heterocycles. The molecule has 0 saturated heterocycles. The van der Waals surface area contributed by atoms with E-state index in [1.54, 1.807) is 11.3 Å². The van der Waals surface area contributed by atoms with Gasteiger partial charge in [-0.05, 0) is 43.3 Å². The molecule has 0 aliphatic rings. The van der Waals surface area contributed by atoms with Gasteiger partial charge in [-0.2, -0.15) is 5.10 Å². The van der Waals surface area contributed by atoms with Crippen LogP contribution in [-0.2, 0) is 6.54 Å². The highest BCUT2D eigenvalue weighted by Crippen LogP contribution is 2.40. The van der Waals surface area contributed by atoms with Gasteiger partial charge in [-0.1, -0.05) is 30.3 Å². The molecule has 0 bridgehead atoms. The normalized spacial score (nSPS) is 11.3. The minimum atomic E-state index is 0.580. The van der Waals surface area contributed by atoms with E-state index in [1.165, 1.54) is 0 Å². The van der Waals surface area contributed by atoms with Gasteiger partial charge in [0.15, 0.2) is 10.6 Å². The first kappa shape index (κ1) is 16.0. The van der Waals surface area contributed by atoms with Crippen molar-refractivity contribution in [2.75, 3.05) is 5.73 Å². The number of nitrogens with one attached hydrogen (secondary N) is 1. The maximum atomic E-state index is 6.46. The third-order valence-electron chi connectivity index (χ3n) is 4.17. The highest BCUT2D eigenvalue weighted by atomic mass is 32.1. The molecule has 0 amide bonds. The number of benzene rings is 1. The number of pyridine rings is 1. The van der Waals surface area contributed by atoms with Crippen molar-refractivity contribution in [2.45, 2.75) is 20.4 Å². The maximum Gasteiger partial charge on any atom is 0.195 e. The molecule has 25 heavy (non-hydrogen) atoms. The topological polar surface area (TPSA) is 72.5 Å². The van der Waals surface area contributed by atoms with Crippen molar-refractivity contribution in [3.05, 3.63) is 58.0 Å². The highest BCUT2D eigenvalue weighted by Gasteiger charge is 2.19. The Morgan fingerprint density at radius 2 is 2.00 bits per heavy atom. The van der Waals surface area contributed by atoms with E-state index >= 15 is 0 Å². The van der Waals surface area contributed by atoms with Crippen molar-refractivity contribution in [1.82, 2.24) is 19.7 Å². The molecule has 0 aliphatic carbocycles. The molecule has 0 atom stereocenters. The van der Waals surface area contributed by atoms with Crippen molar-refractivity contribution in [3.63, 3.8) is 0 Å². The summed E-state index contributed by atoms with van der Waals surface area (Å²) >= 11 is 6.99. The van der Waals surface area contributed by atoms with Gasteiger partial charge in [0.25, 0.3) is 0 Å². The Morgan fingerprint density at radius 1 is 1.24 bits per heavy atom. The van der Waals surface area contributed by atoms with E-state index in [4.69, 9.17) is 18.0 Å². The molecule has 126 valence electrons. The van der Waals surface area contributed by atoms with Crippen molar-refractivity contribution in [2.24, 2.45) is 0 Å². The Hall–Kier alpha value is -2.51. The molecule has 7 heteroatoms. The van der Waals surface area contributed by atoms with Gasteiger partial charge in [0.05, 0.1) is 17.1 Å². The zero-order chi connectivity index (χ0) is 17.6. The number of aromatic amines is 1. The summed E-state index contributed by atoms with van der Waals surface area (Å²) in [5, 5.41) is 8.34. The van der Waals surface area contributed by atoms with Gasteiger partial charge in [-0.25, -0.2) is 4.98 Å². The summed E-state index contributed by atoms with van der Waals surface area (Å²) < 4.78 is 2.56. The number of hydrogen-bond donors (Lipinski definition) is 2. The lowest BCUT2D eigenvalue weighted by molar-refractivity contribution is 0.792. The molecule has 0 spiro atoms. The monoisotopic (exact) mass is 367 g/mol. The summed E-state index contributed by atoms with van der Waals surface area (Å²) in [6, 6.07) is 12.2. The number of nitrogens with two attached hydrogens (primary N) is 1. The summed E-state index contributed by atoms with van der Waals surface area (Å²) in [7, 11) is 0. The largest absolute Gasteiger partial charge is 0.397 e. The molecule has 3 heterocycles. The lowest BCUT2D eigenvalue weighted by Gasteiger charge is -2.06. The molecule has 5 nitrogen and oxygen atoms in total. The van der Waals surface area contributed by atoms with Gasteiger partial charge in [0, 0.05) is 11.1 Å². The van der Waals surface area contributed by atoms with Crippen LogP contribution < -0.4 is 5.73 Å². The Bertz CT molecular complexity index is 1120. The van der Waals surface area contributed by atoms with E-state index in [2.05, 4.69) is 40.3 Å². The number of nitrogen functional groups attached to an aromatic ring is 1. The van der Waals surface area contributed by atoms with Crippen LogP contribution in [-0.4, -0.2) is 19.7 Å². The molecule has 0 radical (unpaired) electrons. The quantitative estimate of drug-likeness (QED) is 0.524. The fourth-order valence-corrected chi connectivity index (χ4v) is 4.45. The average Bonchev–Trinajstić information content (AvgIpc) is 3.09. The summed E-state index contributed by atoms with van der Waals surface area (Å²) in [5.74, 6) is 0.756. The predicted octanol–water partition coefficient (Wildman–Crippen LogP) is 4.46. The average molecular weight is 368 g/mol. The Labute approximate surface area is 154 Å². The lowest BCUT2D eigenvalue weighted by atomic mass is 10.1. The summed E-state index contributed by atoms with van der Waals surface area (Å²) in [5.41, 5.74) is 10.5. The fraction of sp³-hybridized carbons (Fsp3) is 0.167. The van der Waals surface area contributed by atoms with Crippen LogP contribution in [0.4, 0.5) is 5.69 Å². The van der Waals surface area contributed by atoms with E-state index in [1.807, 2.05) is 29.7 Å². The van der Waals surface area contributed by atoms with Crippen LogP contribution in [0.5, 0.6) is 0 Å². The maximum absolute atomic E-state index is 6.46. The van der Waals surface area contributed by atoms with Gasteiger partial charge in [0.2, 0.25) is 0 Å². The second-order valence-corrected chi connectivity index (χ2v) is 7.42. The SMILES string of the molecule is Cc1cc(C)c2c(N)c(-c3n[nH]c(=S)n3Cc3ccccc3)sc2n1. The first-order chi connectivity index (χ1) is 12.0. The predicted molar refractivity (Wildman–Crippen MR) is 105 cm³/mol. The molecule has 3 N–H and O–H groups in total. The van der Waals surface area contributed by atoms with Crippen molar-refractivity contribution in [1.29, 1.82) is 0 Å². The summed E-state index contributed by atoms with van der Waals surface area (Å²) in [4.78, 5) is 6.47. The number of aromatic nitrogens is 4. The highest BCUT2D eigenvalue weighted by molar-refractivity contribution is 7.71. The summed E-state index contributed by atoms with van der Waals surface area (Å²) in [6.45, 7) is 4.70. The van der Waals surface area contributed by atoms with Crippen LogP contribution in [0.2, 0.25) is 0 Å². The van der Waals surface area contributed by atoms with Gasteiger partial charge in [-0.3, -0.25) is 9.67 Å². The molecule has 0 saturated carbocycles. The fourth-order valence-electron chi connectivity index (χ4n) is 3.04. The molecule has 0 unspecified atom stereocenters. The number of H-pyrrole nitrogens is 1. The van der Waals surface area contributed by atoms with E-state index in [0.29, 0.717) is 17.0 Å². The van der Waals surface area contributed by atoms with Crippen molar-refractivity contribution >= 4 is 39.5 Å². The second kappa shape index (κ2) is 6.09. The molecule has 0 aliphatic heterocycles. The first-order valence-corrected chi connectivity index (χ1v) is 9.13. The van der Waals surface area contributed by atoms with E-state index < -0.39 is 0 Å². The molecule has 4 aromatic rings. The van der Waals surface area contributed by atoms with Crippen LogP contribution in [0.1, 0.15) is 16.8 Å². The summed E-state index contributed by atoms with van der Waals surface area (Å²) in [6.07, 6.45) is 0. The van der Waals surface area contributed by atoms with Crippen molar-refractivity contribution < 1.29 is 0 Å². The number of anilines is 1. The van der Waals surface area contributed by atoms with Crippen LogP contribution in [0.25, 0.3) is 20.9 Å². The first-order valence-electron chi connectivity index (χ1n) is 7.90. The number of rotatable bonds is 3. The van der Waals surface area contributed by atoms with Crippen LogP contribution >= 0.6 is 23.6 Å². The van der Waals surface area contributed by atoms with E-state index in [0.717, 1.165) is 37.7 Å². The Morgan fingerprint density at radius 3 is 2.76 bits per heavy atom. The molecular formula is C18H17N5S2. The Kier molecular flexibility index (Phi) is 3.89. The number of fused-ring (bicyclic) bond motifs is 1. The van der Waals surface area contributed by atoms with Crippen LogP contribution in [0, 0.1) is 18.6 Å². The molecular weight excluding hydrogens is 350 g/mol. The van der Waals surface area contributed by atoms with Gasteiger partial charge in [0.1, 0.15) is 4.83 Å². The second-order valence-electron chi connectivity index (χ2n) is 6.03. The van der Waals surface area contributed by atoms with E-state index in [-0.39, 0.29) is 0 Å². The molecule has 1 aromatic carbocycles. The standard InChI is InChI=1S/C18H17N5S2/c1-10-8-11(2)20-17-13(10)14(19)15(25-17)16-21-22-18(24)23(16)9-12-6-4-3-5-7-12/h3-8H,9,19H2,1-2H3,(H,22,24). The smallest absolute Gasteiger partial charge is 0.195 e. The van der Waals surface area contributed by atoms with Gasteiger partial charge in [-0.15, -0.1) is 11.3 Å². The molecule has 4 rings (SSSR count). The number of thiophene rings is 1. The van der Waals surface area contributed by atoms with Gasteiger partial charge < -0.3 is 5.73 Å². The zero-order valence-corrected chi connectivity index (χ0v) is 15.5. The van der Waals surface area contributed by atoms with Crippen LogP contribution in [0.3, 0.4) is 0 Å². The van der Waals surface area contributed by atoms with Crippen molar-refractivity contribution in [3.8, 4) is 10.7 Å². The number of hydrogen-bond acceptors (Lipinski definition) is 5. The van der Waals surface area contributed by atoms with E-state index in [9.17, 15) is 0 Å². The minimum absolute atomic E-state index is 0.580. The van der Waals surface area contributed by atoms with Crippen LogP contribution in [0.15, 0.2) is 36.4 Å². The molecule has 0 fully saturated rings. The number of nitrogens with zero attached hydrogens (tertiary/aromatic N) is 3. The lowest BCUT2D eigenvalue weighted by Crippen LogP contribution is -2.02. The zero-order valence-electron chi connectivity index (χ0n) is 13.9. The Balaban J connectivity index is 1.89. The third kappa shape index (κ3) is 2.75. The number of aryl methyl sites for hydroxylation is 2. The minimum Gasteiger partial charge on any atom is -0.397 e.